The maximum atomic E-state index is 5.99. The Kier molecular flexibility index (Phi) is 3.93. The topological polar surface area (TPSA) is 51.4 Å². The Labute approximate surface area is 136 Å². The summed E-state index contributed by atoms with van der Waals surface area (Å²) in [6.45, 7) is 4.83. The summed E-state index contributed by atoms with van der Waals surface area (Å²) in [6, 6.07) is 8.23. The van der Waals surface area contributed by atoms with E-state index in [0.717, 1.165) is 30.6 Å². The van der Waals surface area contributed by atoms with E-state index < -0.39 is 0 Å². The molecule has 5 nitrogen and oxygen atoms in total. The van der Waals surface area contributed by atoms with Crippen molar-refractivity contribution in [1.29, 1.82) is 0 Å². The van der Waals surface area contributed by atoms with Gasteiger partial charge >= 0.3 is 0 Å². The largest absolute Gasteiger partial charge is 0.482 e. The molecule has 1 aliphatic carbocycles. The maximum absolute atomic E-state index is 5.99. The molecule has 1 atom stereocenters. The molecule has 0 radical (unpaired) electrons. The molecule has 1 aliphatic heterocycles. The van der Waals surface area contributed by atoms with Crippen LogP contribution in [0.3, 0.4) is 0 Å². The number of piperidine rings is 1. The van der Waals surface area contributed by atoms with E-state index in [4.69, 9.17) is 9.15 Å². The predicted molar refractivity (Wildman–Crippen MR) is 87.7 cm³/mol. The second-order valence-electron chi connectivity index (χ2n) is 6.76. The van der Waals surface area contributed by atoms with Crippen LogP contribution < -0.4 is 9.64 Å². The van der Waals surface area contributed by atoms with E-state index >= 15 is 0 Å². The fourth-order valence-electron chi connectivity index (χ4n) is 3.21. The third kappa shape index (κ3) is 3.33. The Hall–Kier alpha value is -2.04. The van der Waals surface area contributed by atoms with Crippen LogP contribution >= 0.6 is 0 Å². The quantitative estimate of drug-likeness (QED) is 0.841. The molecule has 0 amide bonds. The summed E-state index contributed by atoms with van der Waals surface area (Å²) in [5.74, 6) is 3.44. The van der Waals surface area contributed by atoms with Gasteiger partial charge in [-0.25, -0.2) is 0 Å². The van der Waals surface area contributed by atoms with Gasteiger partial charge in [-0.2, -0.15) is 0 Å². The van der Waals surface area contributed by atoms with Gasteiger partial charge in [-0.1, -0.05) is 19.1 Å². The van der Waals surface area contributed by atoms with Crippen molar-refractivity contribution < 1.29 is 9.15 Å². The normalized spacial score (nSPS) is 21.4. The van der Waals surface area contributed by atoms with Crippen molar-refractivity contribution in [2.75, 3.05) is 18.0 Å². The first-order valence-electron chi connectivity index (χ1n) is 8.58. The Bertz CT molecular complexity index is 666. The van der Waals surface area contributed by atoms with E-state index in [2.05, 4.69) is 34.2 Å². The van der Waals surface area contributed by atoms with Gasteiger partial charge in [0.2, 0.25) is 5.89 Å². The molecule has 2 aliphatic rings. The molecule has 0 unspecified atom stereocenters. The van der Waals surface area contributed by atoms with Crippen LogP contribution in [0.1, 0.15) is 50.3 Å². The zero-order chi connectivity index (χ0) is 15.6. The Morgan fingerprint density at radius 2 is 2.09 bits per heavy atom. The molecular formula is C18H23N3O2. The minimum atomic E-state index is 0.333. The number of para-hydroxylation sites is 2. The molecule has 1 aromatic carbocycles. The highest BCUT2D eigenvalue weighted by Gasteiger charge is 2.29. The van der Waals surface area contributed by atoms with E-state index in [1.165, 1.54) is 31.4 Å². The van der Waals surface area contributed by atoms with Gasteiger partial charge in [0.1, 0.15) is 5.75 Å². The van der Waals surface area contributed by atoms with Crippen molar-refractivity contribution in [1.82, 2.24) is 10.2 Å². The van der Waals surface area contributed by atoms with Gasteiger partial charge in [0.15, 0.2) is 6.61 Å². The van der Waals surface area contributed by atoms with Crippen LogP contribution in [-0.2, 0) is 6.61 Å². The van der Waals surface area contributed by atoms with E-state index in [0.29, 0.717) is 18.4 Å². The summed E-state index contributed by atoms with van der Waals surface area (Å²) < 4.78 is 11.7. The van der Waals surface area contributed by atoms with E-state index in [9.17, 15) is 0 Å². The lowest BCUT2D eigenvalue weighted by molar-refractivity contribution is 0.258. The lowest BCUT2D eigenvalue weighted by atomic mass is 9.99. The number of ether oxygens (including phenoxy) is 1. The van der Waals surface area contributed by atoms with Gasteiger partial charge < -0.3 is 14.1 Å². The van der Waals surface area contributed by atoms with Crippen molar-refractivity contribution in [2.45, 2.75) is 45.1 Å². The van der Waals surface area contributed by atoms with Crippen molar-refractivity contribution in [2.24, 2.45) is 5.92 Å². The number of aromatic nitrogens is 2. The van der Waals surface area contributed by atoms with Gasteiger partial charge in [-0.05, 0) is 43.7 Å². The molecule has 1 aromatic heterocycles. The van der Waals surface area contributed by atoms with Gasteiger partial charge in [0, 0.05) is 19.0 Å². The lowest BCUT2D eigenvalue weighted by Gasteiger charge is -2.33. The number of rotatable bonds is 5. The van der Waals surface area contributed by atoms with Crippen LogP contribution in [0.2, 0.25) is 0 Å². The zero-order valence-electron chi connectivity index (χ0n) is 13.6. The molecule has 1 saturated carbocycles. The molecule has 0 bridgehead atoms. The molecule has 2 aromatic rings. The van der Waals surface area contributed by atoms with Crippen molar-refractivity contribution >= 4 is 5.69 Å². The summed E-state index contributed by atoms with van der Waals surface area (Å²) in [4.78, 5) is 2.42. The lowest BCUT2D eigenvalue weighted by Crippen LogP contribution is -2.34. The van der Waals surface area contributed by atoms with Crippen molar-refractivity contribution in [3.63, 3.8) is 0 Å². The molecule has 1 saturated heterocycles. The van der Waals surface area contributed by atoms with Crippen LogP contribution in [0.15, 0.2) is 28.7 Å². The molecule has 0 spiro atoms. The first kappa shape index (κ1) is 14.5. The summed E-state index contributed by atoms with van der Waals surface area (Å²) in [5.41, 5.74) is 1.17. The van der Waals surface area contributed by atoms with Gasteiger partial charge in [0.25, 0.3) is 5.89 Å². The first-order chi connectivity index (χ1) is 11.3. The highest BCUT2D eigenvalue weighted by molar-refractivity contribution is 5.58. The molecular weight excluding hydrogens is 290 g/mol. The molecule has 122 valence electrons. The third-order valence-electron chi connectivity index (χ3n) is 4.62. The first-order valence-corrected chi connectivity index (χ1v) is 8.58. The SMILES string of the molecule is C[C@@H]1CCCN(c2ccccc2OCc2nnc(C3CC3)o2)C1. The van der Waals surface area contributed by atoms with Crippen LogP contribution in [0.4, 0.5) is 5.69 Å². The summed E-state index contributed by atoms with van der Waals surface area (Å²) in [6.07, 6.45) is 4.88. The number of anilines is 1. The fourth-order valence-corrected chi connectivity index (χ4v) is 3.21. The standard InChI is InChI=1S/C18H23N3O2/c1-13-5-4-10-21(11-13)15-6-2-3-7-16(15)22-12-17-19-20-18(23-17)14-8-9-14/h2-3,6-7,13-14H,4-5,8-12H2,1H3/t13-/m1/s1. The minimum Gasteiger partial charge on any atom is -0.482 e. The van der Waals surface area contributed by atoms with Crippen LogP contribution in [0.5, 0.6) is 5.75 Å². The average molecular weight is 313 g/mol. The predicted octanol–water partition coefficient (Wildman–Crippen LogP) is 3.76. The number of hydrogen-bond acceptors (Lipinski definition) is 5. The summed E-state index contributed by atoms with van der Waals surface area (Å²) in [5, 5.41) is 8.20. The smallest absolute Gasteiger partial charge is 0.253 e. The Morgan fingerprint density at radius 3 is 2.91 bits per heavy atom. The molecule has 2 fully saturated rings. The van der Waals surface area contributed by atoms with Gasteiger partial charge in [-0.15, -0.1) is 10.2 Å². The van der Waals surface area contributed by atoms with Crippen LogP contribution in [-0.4, -0.2) is 23.3 Å². The maximum Gasteiger partial charge on any atom is 0.253 e. The van der Waals surface area contributed by atoms with Gasteiger partial charge in [-0.3, -0.25) is 0 Å². The van der Waals surface area contributed by atoms with Crippen LogP contribution in [0.25, 0.3) is 0 Å². The van der Waals surface area contributed by atoms with Crippen molar-refractivity contribution in [3.05, 3.63) is 36.0 Å². The highest BCUT2D eigenvalue weighted by atomic mass is 16.5. The number of nitrogens with zero attached hydrogens (tertiary/aromatic N) is 3. The monoisotopic (exact) mass is 313 g/mol. The average Bonchev–Trinajstić information content (AvgIpc) is 3.32. The molecule has 5 heteroatoms. The third-order valence-corrected chi connectivity index (χ3v) is 4.62. The summed E-state index contributed by atoms with van der Waals surface area (Å²) in [7, 11) is 0. The number of hydrogen-bond donors (Lipinski definition) is 0. The van der Waals surface area contributed by atoms with E-state index in [1.807, 2.05) is 12.1 Å². The molecule has 23 heavy (non-hydrogen) atoms. The fraction of sp³-hybridized carbons (Fsp3) is 0.556. The molecule has 2 heterocycles. The zero-order valence-corrected chi connectivity index (χ0v) is 13.6. The second-order valence-corrected chi connectivity index (χ2v) is 6.76. The summed E-state index contributed by atoms with van der Waals surface area (Å²) >= 11 is 0. The second kappa shape index (κ2) is 6.22. The van der Waals surface area contributed by atoms with Crippen molar-refractivity contribution in [3.8, 4) is 5.75 Å². The van der Waals surface area contributed by atoms with Gasteiger partial charge in [0.05, 0.1) is 5.69 Å². The molecule has 4 rings (SSSR count). The highest BCUT2D eigenvalue weighted by Crippen LogP contribution is 2.39. The minimum absolute atomic E-state index is 0.333. The van der Waals surface area contributed by atoms with E-state index in [1.54, 1.807) is 0 Å². The Balaban J connectivity index is 1.45. The molecule has 0 N–H and O–H groups in total. The van der Waals surface area contributed by atoms with Crippen LogP contribution in [0, 0.1) is 5.92 Å². The number of benzene rings is 1. The van der Waals surface area contributed by atoms with E-state index in [-0.39, 0.29) is 0 Å². The Morgan fingerprint density at radius 1 is 1.22 bits per heavy atom.